The van der Waals surface area contributed by atoms with Crippen LogP contribution in [-0.4, -0.2) is 21.7 Å². The van der Waals surface area contributed by atoms with E-state index in [0.29, 0.717) is 29.3 Å². The van der Waals surface area contributed by atoms with Gasteiger partial charge >= 0.3 is 11.7 Å². The van der Waals surface area contributed by atoms with Crippen molar-refractivity contribution in [1.82, 2.24) is 9.13 Å². The lowest BCUT2D eigenvalue weighted by Crippen LogP contribution is -2.43. The van der Waals surface area contributed by atoms with Crippen molar-refractivity contribution in [3.8, 4) is 0 Å². The molecule has 1 atom stereocenters. The van der Waals surface area contributed by atoms with E-state index in [-0.39, 0.29) is 5.92 Å². The van der Waals surface area contributed by atoms with E-state index < -0.39 is 23.1 Å². The van der Waals surface area contributed by atoms with Crippen LogP contribution >= 0.6 is 11.3 Å². The van der Waals surface area contributed by atoms with Gasteiger partial charge in [-0.05, 0) is 36.8 Å². The zero-order chi connectivity index (χ0) is 20.7. The summed E-state index contributed by atoms with van der Waals surface area (Å²) in [5.41, 5.74) is 1.54. The van der Waals surface area contributed by atoms with Gasteiger partial charge in [0.1, 0.15) is 5.82 Å². The molecule has 1 unspecified atom stereocenters. The fourth-order valence-corrected chi connectivity index (χ4v) is 4.47. The van der Waals surface area contributed by atoms with Gasteiger partial charge in [0.25, 0.3) is 5.56 Å². The number of nitrogens with zero attached hydrogens (tertiary/aromatic N) is 2. The number of ether oxygens (including phenoxy) is 1. The van der Waals surface area contributed by atoms with Gasteiger partial charge in [-0.25, -0.2) is 9.59 Å². The van der Waals surface area contributed by atoms with Crippen LogP contribution in [0.3, 0.4) is 0 Å². The van der Waals surface area contributed by atoms with Crippen molar-refractivity contribution in [3.05, 3.63) is 59.6 Å². The van der Waals surface area contributed by atoms with Crippen molar-refractivity contribution >= 4 is 23.1 Å². The van der Waals surface area contributed by atoms with Crippen LogP contribution in [0.2, 0.25) is 0 Å². The molecule has 0 fully saturated rings. The Bertz CT molecular complexity index is 1090. The third-order valence-electron chi connectivity index (χ3n) is 4.92. The quantitative estimate of drug-likeness (QED) is 0.793. The fourth-order valence-electron chi connectivity index (χ4n) is 3.42. The Kier molecular flexibility index (Phi) is 5.34. The molecule has 0 spiro atoms. The lowest BCUT2D eigenvalue weighted by molar-refractivity contribution is -0.140. The normalized spacial score (nSPS) is 16.2. The first-order valence-electron chi connectivity index (χ1n) is 9.13. The van der Waals surface area contributed by atoms with Gasteiger partial charge in [-0.3, -0.25) is 13.9 Å². The summed E-state index contributed by atoms with van der Waals surface area (Å²) < 4.78 is 8.00. The average molecular weight is 404 g/mol. The van der Waals surface area contributed by atoms with Crippen LogP contribution in [0.25, 0.3) is 0 Å². The second-order valence-electron chi connectivity index (χ2n) is 7.52. The molecule has 2 aromatic heterocycles. The number of aryl methyl sites for hydroxylation is 1. The minimum atomic E-state index is -0.582. The van der Waals surface area contributed by atoms with E-state index in [1.54, 1.807) is 14.0 Å². The van der Waals surface area contributed by atoms with Crippen molar-refractivity contribution in [3.63, 3.8) is 0 Å². The summed E-state index contributed by atoms with van der Waals surface area (Å²) in [7, 11) is 3.06. The molecule has 3 rings (SSSR count). The Morgan fingerprint density at radius 1 is 1.25 bits per heavy atom. The van der Waals surface area contributed by atoms with Gasteiger partial charge in [-0.1, -0.05) is 13.8 Å². The van der Waals surface area contributed by atoms with E-state index in [0.717, 1.165) is 15.0 Å². The van der Waals surface area contributed by atoms with Gasteiger partial charge in [-0.15, -0.1) is 11.3 Å². The maximum absolute atomic E-state index is 13.1. The fraction of sp³-hybridized carbons (Fsp3) is 0.450. The molecule has 0 saturated carbocycles. The molecule has 1 N–H and O–H groups in total. The van der Waals surface area contributed by atoms with Crippen LogP contribution in [0.5, 0.6) is 0 Å². The Morgan fingerprint density at radius 2 is 1.93 bits per heavy atom. The number of hydrogen-bond donors (Lipinski definition) is 1. The minimum absolute atomic E-state index is 0.198. The highest BCUT2D eigenvalue weighted by molar-refractivity contribution is 7.10. The van der Waals surface area contributed by atoms with E-state index in [1.807, 2.05) is 32.2 Å². The Balaban J connectivity index is 2.29. The largest absolute Gasteiger partial charge is 0.462 e. The molecule has 2 aromatic rings. The molecule has 3 heterocycles. The standard InChI is InChI=1S/C20H25N3O4S/c1-10(2)9-27-19(25)13-12(4)21-17-15(14(13)16-11(3)7-8-28-16)18(24)23(6)20(26)22(17)5/h7-8,10,14,21H,9H2,1-6H3. The predicted molar refractivity (Wildman–Crippen MR) is 110 cm³/mol. The Morgan fingerprint density at radius 3 is 2.50 bits per heavy atom. The topological polar surface area (TPSA) is 82.3 Å². The number of hydrogen-bond acceptors (Lipinski definition) is 6. The molecular weight excluding hydrogens is 378 g/mol. The second-order valence-corrected chi connectivity index (χ2v) is 8.47. The van der Waals surface area contributed by atoms with Crippen molar-refractivity contribution < 1.29 is 9.53 Å². The minimum Gasteiger partial charge on any atom is -0.462 e. The van der Waals surface area contributed by atoms with Crippen LogP contribution in [0.1, 0.15) is 42.7 Å². The summed E-state index contributed by atoms with van der Waals surface area (Å²) in [6.07, 6.45) is 0. The first-order valence-corrected chi connectivity index (χ1v) is 10.0. The second kappa shape index (κ2) is 7.43. The summed E-state index contributed by atoms with van der Waals surface area (Å²) in [5, 5.41) is 5.04. The molecule has 0 aromatic carbocycles. The predicted octanol–water partition coefficient (Wildman–Crippen LogP) is 2.48. The molecule has 150 valence electrons. The molecule has 0 radical (unpaired) electrons. The molecule has 0 aliphatic carbocycles. The first kappa shape index (κ1) is 20.1. The van der Waals surface area contributed by atoms with Gasteiger partial charge < -0.3 is 10.1 Å². The number of carbonyl (C=O) groups excluding carboxylic acids is 1. The van der Waals surface area contributed by atoms with Gasteiger partial charge in [0.2, 0.25) is 0 Å². The molecule has 1 aliphatic rings. The van der Waals surface area contributed by atoms with E-state index in [2.05, 4.69) is 5.32 Å². The summed E-state index contributed by atoms with van der Waals surface area (Å²) >= 11 is 1.49. The van der Waals surface area contributed by atoms with Gasteiger partial charge in [0.05, 0.1) is 23.7 Å². The van der Waals surface area contributed by atoms with Crippen molar-refractivity contribution in [2.45, 2.75) is 33.6 Å². The molecule has 28 heavy (non-hydrogen) atoms. The highest BCUT2D eigenvalue weighted by Gasteiger charge is 2.38. The van der Waals surface area contributed by atoms with E-state index in [4.69, 9.17) is 4.74 Å². The van der Waals surface area contributed by atoms with Crippen molar-refractivity contribution in [2.75, 3.05) is 11.9 Å². The van der Waals surface area contributed by atoms with E-state index in [9.17, 15) is 14.4 Å². The maximum Gasteiger partial charge on any atom is 0.336 e. The number of anilines is 1. The third kappa shape index (κ3) is 3.22. The average Bonchev–Trinajstić information content (AvgIpc) is 3.07. The van der Waals surface area contributed by atoms with Gasteiger partial charge in [0.15, 0.2) is 0 Å². The van der Waals surface area contributed by atoms with E-state index in [1.165, 1.54) is 23.0 Å². The number of rotatable bonds is 4. The number of fused-ring (bicyclic) bond motifs is 1. The monoisotopic (exact) mass is 403 g/mol. The number of aromatic nitrogens is 2. The van der Waals surface area contributed by atoms with E-state index >= 15 is 0 Å². The highest BCUT2D eigenvalue weighted by Crippen LogP contribution is 2.43. The van der Waals surface area contributed by atoms with Gasteiger partial charge in [-0.2, -0.15) is 0 Å². The molecule has 7 nitrogen and oxygen atoms in total. The summed E-state index contributed by atoms with van der Waals surface area (Å²) in [6, 6.07) is 1.96. The van der Waals surface area contributed by atoms with Crippen LogP contribution in [0, 0.1) is 12.8 Å². The smallest absolute Gasteiger partial charge is 0.336 e. The maximum atomic E-state index is 13.1. The number of thiophene rings is 1. The number of nitrogens with one attached hydrogen (secondary N) is 1. The highest BCUT2D eigenvalue weighted by atomic mass is 32.1. The summed E-state index contributed by atoms with van der Waals surface area (Å²) in [5.74, 6) is -0.410. The first-order chi connectivity index (χ1) is 13.1. The Hall–Kier alpha value is -2.61. The molecule has 0 bridgehead atoms. The lowest BCUT2D eigenvalue weighted by Gasteiger charge is -2.30. The summed E-state index contributed by atoms with van der Waals surface area (Å²) in [4.78, 5) is 39.4. The van der Waals surface area contributed by atoms with Crippen LogP contribution in [0.4, 0.5) is 5.82 Å². The molecule has 1 aliphatic heterocycles. The molecule has 0 saturated heterocycles. The number of allylic oxidation sites excluding steroid dienone is 1. The van der Waals surface area contributed by atoms with Crippen LogP contribution < -0.4 is 16.6 Å². The van der Waals surface area contributed by atoms with Crippen LogP contribution in [0.15, 0.2) is 32.3 Å². The molecule has 8 heteroatoms. The molecule has 0 amide bonds. The van der Waals surface area contributed by atoms with Crippen LogP contribution in [-0.2, 0) is 23.6 Å². The summed E-state index contributed by atoms with van der Waals surface area (Å²) in [6.45, 7) is 7.95. The number of carbonyl (C=O) groups is 1. The lowest BCUT2D eigenvalue weighted by atomic mass is 9.85. The van der Waals surface area contributed by atoms with Gasteiger partial charge in [0, 0.05) is 24.7 Å². The Labute approximate surface area is 167 Å². The number of esters is 1. The molecular formula is C20H25N3O4S. The van der Waals surface area contributed by atoms with Crippen molar-refractivity contribution in [1.29, 1.82) is 0 Å². The SMILES string of the molecule is CC1=C(C(=O)OCC(C)C)C(c2sccc2C)c2c(n(C)c(=O)n(C)c2=O)N1. The third-order valence-corrected chi connectivity index (χ3v) is 6.00. The van der Waals surface area contributed by atoms with Crippen molar-refractivity contribution in [2.24, 2.45) is 20.0 Å². The zero-order valence-electron chi connectivity index (χ0n) is 17.0. The zero-order valence-corrected chi connectivity index (χ0v) is 17.8.